The normalized spacial score (nSPS) is 37.3. The molecule has 3 nitrogen and oxygen atoms in total. The molecule has 7 atom stereocenters. The topological polar surface area (TPSA) is 60.7 Å². The first-order chi connectivity index (χ1) is 15.6. The van der Waals surface area contributed by atoms with Gasteiger partial charge < -0.3 is 15.3 Å². The monoisotopic (exact) mass is 452 g/mol. The molecule has 0 radical (unpaired) electrons. The first-order valence-electron chi connectivity index (χ1n) is 12.7. The highest BCUT2D eigenvalue weighted by Gasteiger charge is 2.50. The van der Waals surface area contributed by atoms with Crippen molar-refractivity contribution in [2.45, 2.75) is 83.5 Å². The van der Waals surface area contributed by atoms with Crippen LogP contribution >= 0.6 is 0 Å². The number of rotatable bonds is 7. The highest BCUT2D eigenvalue weighted by molar-refractivity contribution is 5.38. The number of allylic oxidation sites excluding steroid dienone is 4. The number of hydrogen-bond donors (Lipinski definition) is 3. The highest BCUT2D eigenvalue weighted by Crippen LogP contribution is 2.59. The number of fused-ring (bicyclic) bond motifs is 1. The van der Waals surface area contributed by atoms with E-state index in [2.05, 4.69) is 57.9 Å². The summed E-state index contributed by atoms with van der Waals surface area (Å²) in [6, 6.07) is 0. The summed E-state index contributed by atoms with van der Waals surface area (Å²) in [7, 11) is 0. The van der Waals surface area contributed by atoms with Gasteiger partial charge in [-0.15, -0.1) is 0 Å². The first-order valence-corrected chi connectivity index (χ1v) is 12.7. The quantitative estimate of drug-likeness (QED) is 0.412. The van der Waals surface area contributed by atoms with Gasteiger partial charge in [-0.1, -0.05) is 82.5 Å². The van der Waals surface area contributed by atoms with Gasteiger partial charge in [0.1, 0.15) is 5.60 Å². The van der Waals surface area contributed by atoms with E-state index < -0.39 is 17.8 Å². The Kier molecular flexibility index (Phi) is 8.09. The minimum Gasteiger partial charge on any atom is -0.393 e. The third-order valence-corrected chi connectivity index (χ3v) is 9.02. The van der Waals surface area contributed by atoms with Crippen LogP contribution < -0.4 is 0 Å². The Labute approximate surface area is 201 Å². The molecule has 3 saturated carbocycles. The zero-order chi connectivity index (χ0) is 24.4. The second-order valence-electron chi connectivity index (χ2n) is 11.0. The van der Waals surface area contributed by atoms with Crippen LogP contribution in [0.15, 0.2) is 72.9 Å². The first kappa shape index (κ1) is 25.9. The molecule has 0 saturated heterocycles. The molecular weight excluding hydrogens is 408 g/mol. The lowest BCUT2D eigenvalue weighted by atomic mass is 9.61. The average molecular weight is 453 g/mol. The second-order valence-corrected chi connectivity index (χ2v) is 11.0. The predicted octanol–water partition coefficient (Wildman–Crippen LogP) is 6.06. The third-order valence-electron chi connectivity index (χ3n) is 9.02. The van der Waals surface area contributed by atoms with Crippen LogP contribution in [0.3, 0.4) is 0 Å². The standard InChI is InChI=1S/C30H44O3/c1-7-30(33,8-2)21(4)12-11-20(3)26-15-16-27-23(10-9-17-29(26,27)6)13-14-24-18-25(31)19-28(32)22(24)5/h7-8,11-14,20-21,25-28,31-33H,1-2,5,9-10,15-19H2,3-4,6H3/b12-11+,23-13+,24-14-/t20-,21-,25+,26-,27+,28-,29-/m1/s1. The smallest absolute Gasteiger partial charge is 0.106 e. The van der Waals surface area contributed by atoms with Crippen LogP contribution in [0.5, 0.6) is 0 Å². The van der Waals surface area contributed by atoms with Crippen molar-refractivity contribution in [1.29, 1.82) is 0 Å². The number of aliphatic hydroxyl groups is 3. The zero-order valence-corrected chi connectivity index (χ0v) is 20.8. The summed E-state index contributed by atoms with van der Waals surface area (Å²) >= 11 is 0. The van der Waals surface area contributed by atoms with E-state index in [1.165, 1.54) is 31.3 Å². The molecule has 0 aliphatic heterocycles. The maximum atomic E-state index is 10.6. The molecule has 0 spiro atoms. The van der Waals surface area contributed by atoms with Gasteiger partial charge in [-0.3, -0.25) is 0 Å². The molecule has 0 heterocycles. The maximum Gasteiger partial charge on any atom is 0.106 e. The molecule has 0 aromatic heterocycles. The second kappa shape index (κ2) is 10.3. The molecule has 3 rings (SSSR count). The van der Waals surface area contributed by atoms with Gasteiger partial charge in [0.15, 0.2) is 0 Å². The van der Waals surface area contributed by atoms with E-state index in [1.807, 2.05) is 6.92 Å². The molecule has 3 fully saturated rings. The molecule has 3 aliphatic carbocycles. The highest BCUT2D eigenvalue weighted by atomic mass is 16.3. The van der Waals surface area contributed by atoms with Gasteiger partial charge in [0, 0.05) is 12.3 Å². The molecule has 3 aliphatic rings. The predicted molar refractivity (Wildman–Crippen MR) is 138 cm³/mol. The Hall–Kier alpha value is -1.68. The van der Waals surface area contributed by atoms with Crippen LogP contribution in [0, 0.1) is 29.1 Å². The Morgan fingerprint density at radius 1 is 1.09 bits per heavy atom. The molecule has 0 aromatic rings. The third kappa shape index (κ3) is 5.21. The summed E-state index contributed by atoms with van der Waals surface area (Å²) < 4.78 is 0. The van der Waals surface area contributed by atoms with Gasteiger partial charge >= 0.3 is 0 Å². The summed E-state index contributed by atoms with van der Waals surface area (Å²) in [5, 5.41) is 30.9. The zero-order valence-electron chi connectivity index (χ0n) is 20.8. The summed E-state index contributed by atoms with van der Waals surface area (Å²) in [5.74, 6) is 1.55. The van der Waals surface area contributed by atoms with E-state index in [0.29, 0.717) is 30.6 Å². The van der Waals surface area contributed by atoms with Crippen molar-refractivity contribution in [1.82, 2.24) is 0 Å². The molecule has 0 amide bonds. The van der Waals surface area contributed by atoms with Crippen molar-refractivity contribution in [2.75, 3.05) is 0 Å². The van der Waals surface area contributed by atoms with Crippen molar-refractivity contribution < 1.29 is 15.3 Å². The Balaban J connectivity index is 1.76. The van der Waals surface area contributed by atoms with Crippen molar-refractivity contribution >= 4 is 0 Å². The fraction of sp³-hybridized carbons (Fsp3) is 0.600. The van der Waals surface area contributed by atoms with Crippen molar-refractivity contribution in [2.24, 2.45) is 29.1 Å². The van der Waals surface area contributed by atoms with E-state index in [0.717, 1.165) is 17.6 Å². The molecule has 0 bridgehead atoms. The largest absolute Gasteiger partial charge is 0.393 e. The minimum absolute atomic E-state index is 0.0670. The number of hydrogen-bond acceptors (Lipinski definition) is 3. The average Bonchev–Trinajstić information content (AvgIpc) is 3.15. The molecule has 3 heteroatoms. The Morgan fingerprint density at radius 2 is 1.79 bits per heavy atom. The Bertz CT molecular complexity index is 839. The SMILES string of the molecule is C=CC(O)(C=C)[C@H](C)/C=C/[C@@H](C)[C@H]1CC[C@H]2/C(=C/C=C3/C[C@H](O)C[C@@H](O)C3=C)CCC[C@]12C. The molecular formula is C30H44O3. The molecule has 0 aromatic carbocycles. The summed E-state index contributed by atoms with van der Waals surface area (Å²) in [5.41, 5.74) is 2.45. The van der Waals surface area contributed by atoms with E-state index in [1.54, 1.807) is 12.2 Å². The van der Waals surface area contributed by atoms with Gasteiger partial charge in [-0.25, -0.2) is 0 Å². The summed E-state index contributed by atoms with van der Waals surface area (Å²) in [6.07, 6.45) is 17.8. The van der Waals surface area contributed by atoms with Gasteiger partial charge in [0.2, 0.25) is 0 Å². The fourth-order valence-electron chi connectivity index (χ4n) is 6.69. The van der Waals surface area contributed by atoms with E-state index >= 15 is 0 Å². The maximum absolute atomic E-state index is 10.6. The van der Waals surface area contributed by atoms with Gasteiger partial charge in [-0.2, -0.15) is 0 Å². The lowest BCUT2D eigenvalue weighted by Crippen LogP contribution is -2.35. The van der Waals surface area contributed by atoms with Gasteiger partial charge in [0.25, 0.3) is 0 Å². The lowest BCUT2D eigenvalue weighted by Gasteiger charge is -2.44. The van der Waals surface area contributed by atoms with E-state index in [9.17, 15) is 15.3 Å². The molecule has 0 unspecified atom stereocenters. The van der Waals surface area contributed by atoms with Crippen molar-refractivity contribution in [3.05, 3.63) is 72.9 Å². The van der Waals surface area contributed by atoms with Crippen LogP contribution in [-0.4, -0.2) is 33.1 Å². The fourth-order valence-corrected chi connectivity index (χ4v) is 6.69. The van der Waals surface area contributed by atoms with Crippen LogP contribution in [0.4, 0.5) is 0 Å². The lowest BCUT2D eigenvalue weighted by molar-refractivity contribution is 0.0862. The number of aliphatic hydroxyl groups excluding tert-OH is 2. The molecule has 3 N–H and O–H groups in total. The molecule has 33 heavy (non-hydrogen) atoms. The van der Waals surface area contributed by atoms with Crippen LogP contribution in [-0.2, 0) is 0 Å². The van der Waals surface area contributed by atoms with Gasteiger partial charge in [0.05, 0.1) is 12.2 Å². The minimum atomic E-state index is -1.07. The van der Waals surface area contributed by atoms with Crippen LogP contribution in [0.1, 0.15) is 65.7 Å². The van der Waals surface area contributed by atoms with E-state index in [4.69, 9.17) is 0 Å². The Morgan fingerprint density at radius 3 is 2.45 bits per heavy atom. The van der Waals surface area contributed by atoms with Crippen LogP contribution in [0.2, 0.25) is 0 Å². The summed E-state index contributed by atoms with van der Waals surface area (Å²) in [4.78, 5) is 0. The van der Waals surface area contributed by atoms with E-state index in [-0.39, 0.29) is 11.3 Å². The van der Waals surface area contributed by atoms with Crippen molar-refractivity contribution in [3.63, 3.8) is 0 Å². The van der Waals surface area contributed by atoms with Crippen LogP contribution in [0.25, 0.3) is 0 Å². The van der Waals surface area contributed by atoms with Gasteiger partial charge in [-0.05, 0) is 72.8 Å². The molecule has 182 valence electrons. The summed E-state index contributed by atoms with van der Waals surface area (Å²) in [6.45, 7) is 18.4. The van der Waals surface area contributed by atoms with Crippen molar-refractivity contribution in [3.8, 4) is 0 Å².